The van der Waals surface area contributed by atoms with E-state index < -0.39 is 0 Å². The van der Waals surface area contributed by atoms with Crippen molar-refractivity contribution in [1.82, 2.24) is 4.90 Å². The standard InChI is InChI=1S/C7H19As2N/c1-10(6-2-4-8)7-3-5-9/h2-9H2,1H3. The Morgan fingerprint density at radius 2 is 1.40 bits per heavy atom. The van der Waals surface area contributed by atoms with Crippen molar-refractivity contribution in [2.45, 2.75) is 23.3 Å². The number of rotatable bonds is 6. The summed E-state index contributed by atoms with van der Waals surface area (Å²) in [4.78, 5) is 2.44. The van der Waals surface area contributed by atoms with E-state index in [1.165, 1.54) is 36.3 Å². The first kappa shape index (κ1) is 11.1. The predicted octanol–water partition coefficient (Wildman–Crippen LogP) is -0.199. The molecule has 0 aromatic carbocycles. The van der Waals surface area contributed by atoms with Crippen LogP contribution in [0.4, 0.5) is 0 Å². The molecule has 0 bridgehead atoms. The molecule has 2 unspecified atom stereocenters. The van der Waals surface area contributed by atoms with Gasteiger partial charge >= 0.3 is 82.0 Å². The molecule has 0 N–H and O–H groups in total. The van der Waals surface area contributed by atoms with Crippen molar-refractivity contribution in [3.8, 4) is 0 Å². The molecule has 0 aliphatic rings. The fraction of sp³-hybridized carbons (Fsp3) is 1.00. The van der Waals surface area contributed by atoms with Gasteiger partial charge in [-0.2, -0.15) is 0 Å². The maximum absolute atomic E-state index is 2.44. The average Bonchev–Trinajstić information content (AvgIpc) is 1.97. The van der Waals surface area contributed by atoms with Gasteiger partial charge in [-0.3, -0.25) is 0 Å². The van der Waals surface area contributed by atoms with Crippen LogP contribution in [0, 0.1) is 0 Å². The van der Waals surface area contributed by atoms with Gasteiger partial charge in [0.05, 0.1) is 0 Å². The third kappa shape index (κ3) is 7.19. The van der Waals surface area contributed by atoms with Gasteiger partial charge in [-0.05, 0) is 0 Å². The topological polar surface area (TPSA) is 3.24 Å². The van der Waals surface area contributed by atoms with Gasteiger partial charge in [0.15, 0.2) is 0 Å². The summed E-state index contributed by atoms with van der Waals surface area (Å²) in [6.07, 6.45) is 2.76. The number of hydrogen-bond acceptors (Lipinski definition) is 1. The molecule has 0 radical (unpaired) electrons. The summed E-state index contributed by atoms with van der Waals surface area (Å²) in [5.41, 5.74) is 0. The number of nitrogens with zero attached hydrogens (tertiary/aromatic N) is 1. The van der Waals surface area contributed by atoms with Gasteiger partial charge in [-0.15, -0.1) is 0 Å². The summed E-state index contributed by atoms with van der Waals surface area (Å²) in [7, 11) is 2.23. The van der Waals surface area contributed by atoms with Gasteiger partial charge in [0.1, 0.15) is 0 Å². The zero-order chi connectivity index (χ0) is 7.82. The van der Waals surface area contributed by atoms with Crippen LogP contribution in [0.2, 0.25) is 10.4 Å². The molecule has 10 heavy (non-hydrogen) atoms. The summed E-state index contributed by atoms with van der Waals surface area (Å²) in [5.74, 6) is 0. The van der Waals surface area contributed by atoms with Gasteiger partial charge in [-0.1, -0.05) is 0 Å². The van der Waals surface area contributed by atoms with Gasteiger partial charge in [-0.25, -0.2) is 0 Å². The summed E-state index contributed by atoms with van der Waals surface area (Å²) < 4.78 is 0. The second-order valence-corrected chi connectivity index (χ2v) is 5.01. The Morgan fingerprint density at radius 3 is 1.70 bits per heavy atom. The van der Waals surface area contributed by atoms with Crippen molar-refractivity contribution in [3.05, 3.63) is 0 Å². The Balaban J connectivity index is 3.00. The summed E-state index contributed by atoms with van der Waals surface area (Å²) >= 11 is 3.71. The predicted molar refractivity (Wildman–Crippen MR) is 53.4 cm³/mol. The molecule has 62 valence electrons. The van der Waals surface area contributed by atoms with E-state index in [2.05, 4.69) is 11.9 Å². The van der Waals surface area contributed by atoms with Crippen molar-refractivity contribution in [2.24, 2.45) is 0 Å². The summed E-state index contributed by atoms with van der Waals surface area (Å²) in [5, 5.41) is 2.76. The second kappa shape index (κ2) is 8.18. The van der Waals surface area contributed by atoms with E-state index in [1.807, 2.05) is 33.7 Å². The summed E-state index contributed by atoms with van der Waals surface area (Å²) in [6, 6.07) is 0. The minimum absolute atomic E-state index is 1.30. The van der Waals surface area contributed by atoms with Crippen molar-refractivity contribution < 1.29 is 0 Å². The van der Waals surface area contributed by atoms with E-state index in [0.29, 0.717) is 0 Å². The molecule has 0 saturated heterocycles. The van der Waals surface area contributed by atoms with Crippen LogP contribution in [0.15, 0.2) is 0 Å². The van der Waals surface area contributed by atoms with Crippen molar-refractivity contribution >= 4 is 33.7 Å². The first-order valence-electron chi connectivity index (χ1n) is 3.90. The Bertz CT molecular complexity index is 60.6. The quantitative estimate of drug-likeness (QED) is 0.602. The molecule has 3 heteroatoms. The third-order valence-electron chi connectivity index (χ3n) is 1.49. The normalized spacial score (nSPS) is 10.8. The van der Waals surface area contributed by atoms with E-state index in [9.17, 15) is 0 Å². The van der Waals surface area contributed by atoms with E-state index in [4.69, 9.17) is 0 Å². The first-order valence-corrected chi connectivity index (χ1v) is 7.32. The second-order valence-electron chi connectivity index (χ2n) is 2.59. The molecule has 0 heterocycles. The zero-order valence-corrected chi connectivity index (χ0v) is 11.7. The molecule has 0 spiro atoms. The van der Waals surface area contributed by atoms with Gasteiger partial charge in [0, 0.05) is 0 Å². The van der Waals surface area contributed by atoms with Crippen LogP contribution in [-0.2, 0) is 0 Å². The molecule has 0 saturated carbocycles. The van der Waals surface area contributed by atoms with E-state index >= 15 is 0 Å². The summed E-state index contributed by atoms with van der Waals surface area (Å²) in [6.45, 7) is 2.59. The zero-order valence-electron chi connectivity index (χ0n) is 6.84. The molecule has 0 rings (SSSR count). The van der Waals surface area contributed by atoms with Crippen LogP contribution in [-0.4, -0.2) is 58.7 Å². The molecule has 0 aliphatic carbocycles. The Hall–Kier alpha value is 1.08. The molecule has 0 aromatic rings. The monoisotopic (exact) mass is 267 g/mol. The SMILES string of the molecule is CN(CCC[AsH2])CCC[AsH2]. The van der Waals surface area contributed by atoms with Crippen LogP contribution in [0.25, 0.3) is 0 Å². The molecular formula is C7H19As2N. The van der Waals surface area contributed by atoms with E-state index in [-0.39, 0.29) is 0 Å². The molecule has 0 aromatic heterocycles. The van der Waals surface area contributed by atoms with Crippen LogP contribution in [0.1, 0.15) is 12.8 Å². The fourth-order valence-corrected chi connectivity index (χ4v) is 1.60. The van der Waals surface area contributed by atoms with Gasteiger partial charge in [0.2, 0.25) is 0 Å². The molecule has 0 amide bonds. The van der Waals surface area contributed by atoms with Crippen molar-refractivity contribution in [1.29, 1.82) is 0 Å². The van der Waals surface area contributed by atoms with Crippen LogP contribution in [0.3, 0.4) is 0 Å². The molecule has 0 fully saturated rings. The van der Waals surface area contributed by atoms with Crippen LogP contribution in [0.5, 0.6) is 0 Å². The Kier molecular flexibility index (Phi) is 9.06. The Morgan fingerprint density at radius 1 is 1.00 bits per heavy atom. The third-order valence-corrected chi connectivity index (χ3v) is 3.20. The Labute approximate surface area is 81.9 Å². The molecule has 1 nitrogen and oxygen atoms in total. The molecular weight excluding hydrogens is 248 g/mol. The van der Waals surface area contributed by atoms with Crippen molar-refractivity contribution in [2.75, 3.05) is 20.1 Å². The van der Waals surface area contributed by atoms with E-state index in [0.717, 1.165) is 0 Å². The van der Waals surface area contributed by atoms with Crippen LogP contribution >= 0.6 is 0 Å². The fourth-order valence-electron chi connectivity index (χ4n) is 0.834. The average molecular weight is 267 g/mol. The van der Waals surface area contributed by atoms with Gasteiger partial charge < -0.3 is 0 Å². The first-order chi connectivity index (χ1) is 4.81. The minimum atomic E-state index is 1.30. The molecule has 2 atom stereocenters. The molecule has 0 aliphatic heterocycles. The van der Waals surface area contributed by atoms with Crippen LogP contribution < -0.4 is 0 Å². The maximum atomic E-state index is 2.44. The van der Waals surface area contributed by atoms with Gasteiger partial charge in [0.25, 0.3) is 0 Å². The number of hydrogen-bond donors (Lipinski definition) is 0. The van der Waals surface area contributed by atoms with Crippen molar-refractivity contribution in [3.63, 3.8) is 0 Å². The van der Waals surface area contributed by atoms with E-state index in [1.54, 1.807) is 0 Å².